The normalized spacial score (nSPS) is 13.8. The van der Waals surface area contributed by atoms with Crippen LogP contribution in [0.15, 0.2) is 209 Å². The van der Waals surface area contributed by atoms with Crippen molar-refractivity contribution in [1.82, 2.24) is 15.0 Å². The summed E-state index contributed by atoms with van der Waals surface area (Å²) in [5.74, 6) is 1.18. The van der Waals surface area contributed by atoms with Crippen molar-refractivity contribution in [1.29, 1.82) is 0 Å². The monoisotopic (exact) mass is 776 g/mol. The van der Waals surface area contributed by atoms with Crippen molar-refractivity contribution in [3.63, 3.8) is 0 Å². The van der Waals surface area contributed by atoms with Gasteiger partial charge in [0, 0.05) is 43.6 Å². The Balaban J connectivity index is 1.03. The standard InChI is InChI=1S/C55H33N3O2/c1-3-12-34(13-4-1)39-17-9-18-40(32-39)54-56-53(57-55(58-54)41-29-30-45-49(33-41)59-47-22-10-20-42(50(45)47)35-14-5-2-6-15-35)38-26-24-37(25-27-38)43-21-11-23-48-51(43)46-31-28-36-16-7-8-19-44(36)52(46)60-48/h1-33H/i7D,8D,11D,16D,19D,21D,23D,28D,31D. The predicted molar refractivity (Wildman–Crippen MR) is 245 cm³/mol. The van der Waals surface area contributed by atoms with Gasteiger partial charge in [0.1, 0.15) is 22.3 Å². The van der Waals surface area contributed by atoms with Crippen LogP contribution < -0.4 is 0 Å². The number of nitrogens with zero attached hydrogens (tertiary/aromatic N) is 3. The number of hydrogen-bond acceptors (Lipinski definition) is 5. The van der Waals surface area contributed by atoms with Crippen molar-refractivity contribution in [3.05, 3.63) is 200 Å². The Bertz CT molecular complexity index is 4120. The number of fused-ring (bicyclic) bond motifs is 8. The SMILES string of the molecule is [2H]c1c([2H])c(-c2ccc(-c3nc(-c4cccc(-c5ccccc5)c4)nc(-c4ccc5c(c4)oc4cccc(-c6ccccc6)c45)n3)cc2)c2c(oc3c4c([2H])c([2H])c([2H])c([2H])c4c([2H])c([2H])c32)c1[2H]. The Morgan fingerprint density at radius 2 is 0.983 bits per heavy atom. The molecule has 0 aliphatic heterocycles. The highest BCUT2D eigenvalue weighted by molar-refractivity contribution is 6.19. The average Bonchev–Trinajstić information content (AvgIpc) is 3.97. The average molecular weight is 777 g/mol. The van der Waals surface area contributed by atoms with Crippen molar-refractivity contribution in [3.8, 4) is 67.5 Å². The number of furan rings is 2. The van der Waals surface area contributed by atoms with Gasteiger partial charge in [-0.25, -0.2) is 15.0 Å². The largest absolute Gasteiger partial charge is 0.456 e. The number of hydrogen-bond donors (Lipinski definition) is 0. The Kier molecular flexibility index (Phi) is 5.95. The summed E-state index contributed by atoms with van der Waals surface area (Å²) in [7, 11) is 0. The van der Waals surface area contributed by atoms with Crippen LogP contribution >= 0.6 is 0 Å². The van der Waals surface area contributed by atoms with E-state index in [1.807, 2.05) is 103 Å². The molecule has 0 N–H and O–H groups in total. The molecule has 0 amide bonds. The van der Waals surface area contributed by atoms with E-state index in [2.05, 4.69) is 18.2 Å². The predicted octanol–water partition coefficient (Wildman–Crippen LogP) is 14.8. The zero-order chi connectivity index (χ0) is 47.4. The summed E-state index contributed by atoms with van der Waals surface area (Å²) in [6.07, 6.45) is 0. The summed E-state index contributed by atoms with van der Waals surface area (Å²) >= 11 is 0. The first-order valence-electron chi connectivity index (χ1n) is 23.9. The van der Waals surface area contributed by atoms with Crippen molar-refractivity contribution >= 4 is 54.6 Å². The maximum Gasteiger partial charge on any atom is 0.164 e. The molecule has 0 atom stereocenters. The van der Waals surface area contributed by atoms with Gasteiger partial charge in [0.2, 0.25) is 0 Å². The summed E-state index contributed by atoms with van der Waals surface area (Å²) in [4.78, 5) is 15.1. The van der Waals surface area contributed by atoms with Crippen LogP contribution in [0.4, 0.5) is 0 Å². The van der Waals surface area contributed by atoms with E-state index < -0.39 is 48.3 Å². The van der Waals surface area contributed by atoms with Gasteiger partial charge in [-0.15, -0.1) is 0 Å². The number of aromatic nitrogens is 3. The lowest BCUT2D eigenvalue weighted by Crippen LogP contribution is -2.00. The first-order chi connectivity index (χ1) is 33.5. The second kappa shape index (κ2) is 13.8. The lowest BCUT2D eigenvalue weighted by atomic mass is 9.97. The molecule has 280 valence electrons. The number of benzene rings is 9. The van der Waals surface area contributed by atoms with Gasteiger partial charge in [-0.2, -0.15) is 0 Å². The maximum atomic E-state index is 9.17. The summed E-state index contributed by atoms with van der Waals surface area (Å²) in [5.41, 5.74) is 7.97. The Morgan fingerprint density at radius 3 is 1.80 bits per heavy atom. The van der Waals surface area contributed by atoms with Gasteiger partial charge in [0.15, 0.2) is 17.5 Å². The molecule has 5 heteroatoms. The van der Waals surface area contributed by atoms with Gasteiger partial charge < -0.3 is 8.83 Å². The minimum atomic E-state index is -0.553. The fourth-order valence-electron chi connectivity index (χ4n) is 8.02. The van der Waals surface area contributed by atoms with Gasteiger partial charge >= 0.3 is 0 Å². The summed E-state index contributed by atoms with van der Waals surface area (Å²) in [5, 5.41) is 1.79. The first-order valence-corrected chi connectivity index (χ1v) is 19.4. The first kappa shape index (κ1) is 26.0. The summed E-state index contributed by atoms with van der Waals surface area (Å²) in [6, 6.07) is 43.1. The second-order valence-corrected chi connectivity index (χ2v) is 14.4. The molecule has 5 nitrogen and oxygen atoms in total. The molecule has 12 aromatic rings. The van der Waals surface area contributed by atoms with Crippen LogP contribution in [0.1, 0.15) is 12.3 Å². The van der Waals surface area contributed by atoms with E-state index in [0.29, 0.717) is 39.7 Å². The Hall–Kier alpha value is -8.15. The van der Waals surface area contributed by atoms with Crippen LogP contribution in [0.3, 0.4) is 0 Å². The molecule has 0 bridgehead atoms. The topological polar surface area (TPSA) is 65.0 Å². The van der Waals surface area contributed by atoms with Gasteiger partial charge in [-0.1, -0.05) is 164 Å². The second-order valence-electron chi connectivity index (χ2n) is 14.4. The Morgan fingerprint density at radius 1 is 0.350 bits per heavy atom. The Labute approximate surface area is 357 Å². The van der Waals surface area contributed by atoms with E-state index in [4.69, 9.17) is 36.1 Å². The quantitative estimate of drug-likeness (QED) is 0.168. The highest BCUT2D eigenvalue weighted by atomic mass is 16.3. The van der Waals surface area contributed by atoms with Crippen LogP contribution in [-0.2, 0) is 0 Å². The van der Waals surface area contributed by atoms with E-state index >= 15 is 0 Å². The lowest BCUT2D eigenvalue weighted by molar-refractivity contribution is 0.669. The highest BCUT2D eigenvalue weighted by Crippen LogP contribution is 2.41. The molecular formula is C55H33N3O2. The van der Waals surface area contributed by atoms with E-state index in [9.17, 15) is 0 Å². The van der Waals surface area contributed by atoms with Crippen LogP contribution in [0, 0.1) is 0 Å². The molecule has 0 aliphatic carbocycles. The van der Waals surface area contributed by atoms with E-state index in [-0.39, 0.29) is 44.3 Å². The van der Waals surface area contributed by atoms with Gasteiger partial charge in [-0.3, -0.25) is 0 Å². The van der Waals surface area contributed by atoms with E-state index in [1.165, 1.54) is 0 Å². The molecule has 0 aliphatic rings. The molecule has 3 aromatic heterocycles. The molecule has 0 saturated heterocycles. The molecule has 12 rings (SSSR count). The summed E-state index contributed by atoms with van der Waals surface area (Å²) in [6.45, 7) is 0. The van der Waals surface area contributed by atoms with Crippen LogP contribution in [0.25, 0.3) is 122 Å². The van der Waals surface area contributed by atoms with Gasteiger partial charge in [-0.05, 0) is 75.1 Å². The fourth-order valence-corrected chi connectivity index (χ4v) is 8.02. The van der Waals surface area contributed by atoms with Crippen LogP contribution in [-0.4, -0.2) is 15.0 Å². The molecule has 9 aromatic carbocycles. The maximum absolute atomic E-state index is 9.17. The van der Waals surface area contributed by atoms with Gasteiger partial charge in [0.05, 0.1) is 12.3 Å². The minimum Gasteiger partial charge on any atom is -0.456 e. The minimum absolute atomic E-state index is 0.0100. The molecule has 3 heterocycles. The van der Waals surface area contributed by atoms with Crippen LogP contribution in [0.5, 0.6) is 0 Å². The highest BCUT2D eigenvalue weighted by Gasteiger charge is 2.19. The smallest absolute Gasteiger partial charge is 0.164 e. The molecule has 0 spiro atoms. The zero-order valence-electron chi connectivity index (χ0n) is 40.5. The molecule has 60 heavy (non-hydrogen) atoms. The van der Waals surface area contributed by atoms with E-state index in [0.717, 1.165) is 44.2 Å². The third-order valence-electron chi connectivity index (χ3n) is 10.9. The third-order valence-corrected chi connectivity index (χ3v) is 10.9. The number of rotatable bonds is 6. The van der Waals surface area contributed by atoms with Crippen molar-refractivity contribution < 1.29 is 21.2 Å². The van der Waals surface area contributed by atoms with Gasteiger partial charge in [0.25, 0.3) is 0 Å². The van der Waals surface area contributed by atoms with Crippen LogP contribution in [0.2, 0.25) is 0 Å². The summed E-state index contributed by atoms with van der Waals surface area (Å²) < 4.78 is 91.5. The fraction of sp³-hybridized carbons (Fsp3) is 0. The van der Waals surface area contributed by atoms with Crippen molar-refractivity contribution in [2.24, 2.45) is 0 Å². The third kappa shape index (κ3) is 5.67. The molecule has 0 saturated carbocycles. The van der Waals surface area contributed by atoms with Crippen molar-refractivity contribution in [2.45, 2.75) is 0 Å². The molecule has 0 radical (unpaired) electrons. The molecular weight excluding hydrogens is 735 g/mol. The zero-order valence-corrected chi connectivity index (χ0v) is 31.5. The lowest BCUT2D eigenvalue weighted by Gasteiger charge is -2.10. The van der Waals surface area contributed by atoms with E-state index in [1.54, 1.807) is 24.3 Å². The molecule has 0 fully saturated rings. The molecule has 0 unspecified atom stereocenters. The van der Waals surface area contributed by atoms with Crippen molar-refractivity contribution in [2.75, 3.05) is 0 Å².